The Kier molecular flexibility index (Phi) is 6.46. The maximum Gasteiger partial charge on any atom is 0.251 e. The topological polar surface area (TPSA) is 70.2 Å². The Hall–Kier alpha value is -2.24. The molecule has 0 aliphatic heterocycles. The standard InChI is InChI=1S/C17H17Cl2N3O2/c1-2-20-17(24)11-6-8-12(9-7-11)22-15(23)10-21-14-5-3-4-13(18)16(14)19/h3-9,21H,2,10H2,1H3,(H,20,24)(H,22,23). The largest absolute Gasteiger partial charge is 0.375 e. The minimum atomic E-state index is -0.239. The average molecular weight is 366 g/mol. The summed E-state index contributed by atoms with van der Waals surface area (Å²) in [6.45, 7) is 2.46. The third-order valence-corrected chi connectivity index (χ3v) is 3.98. The van der Waals surface area contributed by atoms with Crippen LogP contribution in [0.5, 0.6) is 0 Å². The summed E-state index contributed by atoms with van der Waals surface area (Å²) >= 11 is 12.0. The molecular weight excluding hydrogens is 349 g/mol. The number of carbonyl (C=O) groups is 2. The monoisotopic (exact) mass is 365 g/mol. The van der Waals surface area contributed by atoms with Crippen LogP contribution in [0, 0.1) is 0 Å². The molecule has 0 aromatic heterocycles. The van der Waals surface area contributed by atoms with Gasteiger partial charge in [0, 0.05) is 17.8 Å². The van der Waals surface area contributed by atoms with Gasteiger partial charge in [-0.25, -0.2) is 0 Å². The molecule has 5 nitrogen and oxygen atoms in total. The van der Waals surface area contributed by atoms with Crippen LogP contribution in [-0.2, 0) is 4.79 Å². The molecule has 0 aliphatic rings. The van der Waals surface area contributed by atoms with E-state index in [1.165, 1.54) is 0 Å². The normalized spacial score (nSPS) is 10.1. The Morgan fingerprint density at radius 2 is 1.75 bits per heavy atom. The van der Waals surface area contributed by atoms with E-state index in [-0.39, 0.29) is 18.4 Å². The summed E-state index contributed by atoms with van der Waals surface area (Å²) in [5.74, 6) is -0.385. The number of halogens is 2. The third kappa shape index (κ3) is 4.88. The van der Waals surface area contributed by atoms with Gasteiger partial charge in [0.1, 0.15) is 0 Å². The molecule has 24 heavy (non-hydrogen) atoms. The van der Waals surface area contributed by atoms with Gasteiger partial charge in [0.15, 0.2) is 0 Å². The molecule has 0 saturated heterocycles. The number of hydrogen-bond donors (Lipinski definition) is 3. The van der Waals surface area contributed by atoms with Gasteiger partial charge in [-0.05, 0) is 43.3 Å². The Morgan fingerprint density at radius 1 is 1.04 bits per heavy atom. The number of hydrogen-bond acceptors (Lipinski definition) is 3. The van der Waals surface area contributed by atoms with Gasteiger partial charge in [-0.1, -0.05) is 29.3 Å². The fourth-order valence-electron chi connectivity index (χ4n) is 1.99. The zero-order valence-electron chi connectivity index (χ0n) is 13.0. The van der Waals surface area contributed by atoms with Crippen molar-refractivity contribution in [3.63, 3.8) is 0 Å². The van der Waals surface area contributed by atoms with Crippen molar-refractivity contribution in [3.8, 4) is 0 Å². The van der Waals surface area contributed by atoms with Crippen LogP contribution in [0.4, 0.5) is 11.4 Å². The first-order valence-electron chi connectivity index (χ1n) is 7.37. The predicted octanol–water partition coefficient (Wildman–Crippen LogP) is 3.79. The van der Waals surface area contributed by atoms with Gasteiger partial charge in [0.05, 0.1) is 22.3 Å². The van der Waals surface area contributed by atoms with E-state index in [4.69, 9.17) is 23.2 Å². The van der Waals surface area contributed by atoms with Gasteiger partial charge < -0.3 is 16.0 Å². The van der Waals surface area contributed by atoms with E-state index in [0.29, 0.717) is 33.5 Å². The van der Waals surface area contributed by atoms with Crippen LogP contribution in [0.15, 0.2) is 42.5 Å². The number of anilines is 2. The van der Waals surface area contributed by atoms with Crippen molar-refractivity contribution in [1.82, 2.24) is 5.32 Å². The molecule has 0 bridgehead atoms. The molecule has 0 fully saturated rings. The smallest absolute Gasteiger partial charge is 0.251 e. The second-order valence-electron chi connectivity index (χ2n) is 4.94. The van der Waals surface area contributed by atoms with Gasteiger partial charge >= 0.3 is 0 Å². The molecule has 7 heteroatoms. The van der Waals surface area contributed by atoms with Crippen molar-refractivity contribution in [3.05, 3.63) is 58.1 Å². The van der Waals surface area contributed by atoms with Crippen LogP contribution in [0.3, 0.4) is 0 Å². The van der Waals surface area contributed by atoms with E-state index >= 15 is 0 Å². The molecular formula is C17H17Cl2N3O2. The van der Waals surface area contributed by atoms with Crippen molar-refractivity contribution >= 4 is 46.4 Å². The van der Waals surface area contributed by atoms with Gasteiger partial charge in [-0.15, -0.1) is 0 Å². The fraction of sp³-hybridized carbons (Fsp3) is 0.176. The Balaban J connectivity index is 1.90. The highest BCUT2D eigenvalue weighted by atomic mass is 35.5. The Bertz CT molecular complexity index is 733. The minimum Gasteiger partial charge on any atom is -0.375 e. The van der Waals surface area contributed by atoms with Crippen molar-refractivity contribution in [2.75, 3.05) is 23.7 Å². The molecule has 0 unspecified atom stereocenters. The highest BCUT2D eigenvalue weighted by molar-refractivity contribution is 6.43. The summed E-state index contributed by atoms with van der Waals surface area (Å²) in [6.07, 6.45) is 0. The molecule has 2 aromatic rings. The summed E-state index contributed by atoms with van der Waals surface area (Å²) in [4.78, 5) is 23.6. The molecule has 2 rings (SSSR count). The Labute approximate surface area is 150 Å². The number of amides is 2. The number of carbonyl (C=O) groups excluding carboxylic acids is 2. The SMILES string of the molecule is CCNC(=O)c1ccc(NC(=O)CNc2cccc(Cl)c2Cl)cc1. The molecule has 0 spiro atoms. The second-order valence-corrected chi connectivity index (χ2v) is 5.73. The van der Waals surface area contributed by atoms with Gasteiger partial charge in [0.2, 0.25) is 5.91 Å². The molecule has 0 saturated carbocycles. The maximum absolute atomic E-state index is 12.0. The maximum atomic E-state index is 12.0. The molecule has 0 aliphatic carbocycles. The summed E-state index contributed by atoms with van der Waals surface area (Å²) in [5.41, 5.74) is 1.73. The molecule has 0 atom stereocenters. The lowest BCUT2D eigenvalue weighted by molar-refractivity contribution is -0.114. The minimum absolute atomic E-state index is 0.0398. The average Bonchev–Trinajstić information content (AvgIpc) is 2.57. The molecule has 0 radical (unpaired) electrons. The van der Waals surface area contributed by atoms with Crippen LogP contribution < -0.4 is 16.0 Å². The van der Waals surface area contributed by atoms with Crippen LogP contribution in [0.25, 0.3) is 0 Å². The van der Waals surface area contributed by atoms with E-state index in [2.05, 4.69) is 16.0 Å². The van der Waals surface area contributed by atoms with Gasteiger partial charge in [0.25, 0.3) is 5.91 Å². The number of nitrogens with one attached hydrogen (secondary N) is 3. The first kappa shape index (κ1) is 18.1. The van der Waals surface area contributed by atoms with Crippen molar-refractivity contribution in [2.24, 2.45) is 0 Å². The predicted molar refractivity (Wildman–Crippen MR) is 98.0 cm³/mol. The number of benzene rings is 2. The van der Waals surface area contributed by atoms with Crippen LogP contribution in [0.1, 0.15) is 17.3 Å². The van der Waals surface area contributed by atoms with Gasteiger partial charge in [-0.3, -0.25) is 9.59 Å². The van der Waals surface area contributed by atoms with Crippen LogP contribution in [0.2, 0.25) is 10.0 Å². The quantitative estimate of drug-likeness (QED) is 0.729. The van der Waals surface area contributed by atoms with Crippen LogP contribution >= 0.6 is 23.2 Å². The highest BCUT2D eigenvalue weighted by Crippen LogP contribution is 2.29. The first-order chi connectivity index (χ1) is 11.5. The fourth-order valence-corrected chi connectivity index (χ4v) is 2.36. The zero-order valence-corrected chi connectivity index (χ0v) is 14.5. The van der Waals surface area contributed by atoms with E-state index in [9.17, 15) is 9.59 Å². The lowest BCUT2D eigenvalue weighted by Gasteiger charge is -2.10. The number of rotatable bonds is 6. The second kappa shape index (κ2) is 8.57. The summed E-state index contributed by atoms with van der Waals surface area (Å²) in [5, 5.41) is 9.17. The van der Waals surface area contributed by atoms with Gasteiger partial charge in [-0.2, -0.15) is 0 Å². The van der Waals surface area contributed by atoms with Crippen LogP contribution in [-0.4, -0.2) is 24.9 Å². The van der Waals surface area contributed by atoms with Crippen molar-refractivity contribution in [2.45, 2.75) is 6.92 Å². The van der Waals surface area contributed by atoms with E-state index in [1.54, 1.807) is 42.5 Å². The molecule has 126 valence electrons. The summed E-state index contributed by atoms with van der Waals surface area (Å²) < 4.78 is 0. The summed E-state index contributed by atoms with van der Waals surface area (Å²) in [7, 11) is 0. The van der Waals surface area contributed by atoms with E-state index in [1.807, 2.05) is 6.92 Å². The molecule has 2 aromatic carbocycles. The van der Waals surface area contributed by atoms with Crippen molar-refractivity contribution < 1.29 is 9.59 Å². The summed E-state index contributed by atoms with van der Waals surface area (Å²) in [6, 6.07) is 11.8. The third-order valence-electron chi connectivity index (χ3n) is 3.16. The molecule has 2 amide bonds. The lowest BCUT2D eigenvalue weighted by atomic mass is 10.2. The van der Waals surface area contributed by atoms with E-state index in [0.717, 1.165) is 0 Å². The van der Waals surface area contributed by atoms with Crippen molar-refractivity contribution in [1.29, 1.82) is 0 Å². The molecule has 0 heterocycles. The lowest BCUT2D eigenvalue weighted by Crippen LogP contribution is -2.23. The highest BCUT2D eigenvalue weighted by Gasteiger charge is 2.08. The Morgan fingerprint density at radius 3 is 2.42 bits per heavy atom. The molecule has 3 N–H and O–H groups in total. The van der Waals surface area contributed by atoms with E-state index < -0.39 is 0 Å². The first-order valence-corrected chi connectivity index (χ1v) is 8.13. The zero-order chi connectivity index (χ0) is 17.5.